The molecule has 4 nitrogen and oxygen atoms in total. The number of ketones is 1. The summed E-state index contributed by atoms with van der Waals surface area (Å²) in [5, 5.41) is 12.8. The molecule has 1 atom stereocenters. The first-order valence-corrected chi connectivity index (χ1v) is 15.8. The summed E-state index contributed by atoms with van der Waals surface area (Å²) in [6.07, 6.45) is 1.12. The minimum absolute atomic E-state index is 0.0950. The number of carbonyl (C=O) groups excluding carboxylic acids is 1. The molecule has 0 saturated carbocycles. The highest BCUT2D eigenvalue weighted by Crippen LogP contribution is 2.51. The first-order valence-electron chi connectivity index (χ1n) is 14.8. The Morgan fingerprint density at radius 1 is 0.930 bits per heavy atom. The molecule has 1 heterocycles. The Kier molecular flexibility index (Phi) is 7.44. The standard InChI is InChI=1S/C38H37N3OS/c1-23-11-6-9-16-34(23)43-22-27-18-29(25(3)17-24(27)2)35-30(21-39)37(40)41(32-19-38(4,5)20-33(42)36(32)35)31-15-10-13-26-12-7-8-14-28(26)31/h6-18,35H,19-20,22,40H2,1-5H3. The van der Waals surface area contributed by atoms with Crippen molar-refractivity contribution in [3.63, 3.8) is 0 Å². The summed E-state index contributed by atoms with van der Waals surface area (Å²) in [6, 6.07) is 29.6. The second kappa shape index (κ2) is 11.1. The number of hydrogen-bond acceptors (Lipinski definition) is 5. The molecule has 4 aromatic carbocycles. The van der Waals surface area contributed by atoms with Gasteiger partial charge in [-0.25, -0.2) is 0 Å². The Morgan fingerprint density at radius 3 is 2.42 bits per heavy atom. The Hall–Kier alpha value is -4.27. The SMILES string of the molecule is Cc1cc(C)c(C2C(C#N)=C(N)N(c3cccc4ccccc34)C3=C2C(=O)CC(C)(C)C3)cc1CSc1ccccc1C. The van der Waals surface area contributed by atoms with Gasteiger partial charge in [0.2, 0.25) is 0 Å². The fraction of sp³-hybridized carbons (Fsp3) is 0.263. The number of carbonyl (C=O) groups is 1. The van der Waals surface area contributed by atoms with Crippen molar-refractivity contribution in [2.45, 2.75) is 64.0 Å². The number of benzene rings is 4. The van der Waals surface area contributed by atoms with Gasteiger partial charge >= 0.3 is 0 Å². The van der Waals surface area contributed by atoms with Crippen LogP contribution in [0.1, 0.15) is 60.4 Å². The lowest BCUT2D eigenvalue weighted by Gasteiger charge is -2.44. The first-order chi connectivity index (χ1) is 20.6. The van der Waals surface area contributed by atoms with E-state index in [1.807, 2.05) is 40.9 Å². The molecule has 5 heteroatoms. The van der Waals surface area contributed by atoms with E-state index >= 15 is 0 Å². The van der Waals surface area contributed by atoms with Crippen molar-refractivity contribution >= 4 is 34.0 Å². The molecule has 0 saturated heterocycles. The summed E-state index contributed by atoms with van der Waals surface area (Å²) in [5.41, 5.74) is 15.5. The third kappa shape index (κ3) is 5.15. The van der Waals surface area contributed by atoms with Crippen molar-refractivity contribution in [3.05, 3.63) is 129 Å². The van der Waals surface area contributed by atoms with Gasteiger partial charge in [-0.05, 0) is 77.9 Å². The van der Waals surface area contributed by atoms with Gasteiger partial charge in [-0.1, -0.05) is 80.6 Å². The molecule has 1 unspecified atom stereocenters. The van der Waals surface area contributed by atoms with E-state index in [9.17, 15) is 10.1 Å². The predicted octanol–water partition coefficient (Wildman–Crippen LogP) is 9.00. The number of nitrogens with two attached hydrogens (primary N) is 1. The number of Topliss-reactive ketones (excluding diaryl/α,β-unsaturated/α-hetero) is 1. The number of rotatable bonds is 5. The Balaban J connectivity index is 1.54. The normalized spacial score (nSPS) is 18.2. The van der Waals surface area contributed by atoms with E-state index < -0.39 is 5.92 Å². The maximum Gasteiger partial charge on any atom is 0.162 e. The second-order valence-electron chi connectivity index (χ2n) is 12.7. The van der Waals surface area contributed by atoms with Crippen LogP contribution in [-0.4, -0.2) is 5.78 Å². The average molecular weight is 584 g/mol. The number of hydrogen-bond donors (Lipinski definition) is 1. The summed E-state index contributed by atoms with van der Waals surface area (Å²) in [5.74, 6) is 0.798. The van der Waals surface area contributed by atoms with Crippen molar-refractivity contribution in [1.82, 2.24) is 0 Å². The van der Waals surface area contributed by atoms with Gasteiger partial charge in [0.1, 0.15) is 5.82 Å². The molecule has 0 aromatic heterocycles. The molecule has 216 valence electrons. The van der Waals surface area contributed by atoms with Crippen molar-refractivity contribution in [1.29, 1.82) is 5.26 Å². The minimum atomic E-state index is -0.502. The predicted molar refractivity (Wildman–Crippen MR) is 178 cm³/mol. The average Bonchev–Trinajstić information content (AvgIpc) is 2.96. The third-order valence-electron chi connectivity index (χ3n) is 8.90. The molecule has 0 bridgehead atoms. The van der Waals surface area contributed by atoms with Gasteiger partial charge in [0.15, 0.2) is 5.78 Å². The molecule has 43 heavy (non-hydrogen) atoms. The lowest BCUT2D eigenvalue weighted by atomic mass is 9.68. The summed E-state index contributed by atoms with van der Waals surface area (Å²) >= 11 is 1.82. The lowest BCUT2D eigenvalue weighted by molar-refractivity contribution is -0.118. The quantitative estimate of drug-likeness (QED) is 0.237. The van der Waals surface area contributed by atoms with Crippen LogP contribution < -0.4 is 10.6 Å². The topological polar surface area (TPSA) is 70.1 Å². The van der Waals surface area contributed by atoms with Crippen molar-refractivity contribution in [2.75, 3.05) is 4.90 Å². The third-order valence-corrected chi connectivity index (χ3v) is 10.1. The van der Waals surface area contributed by atoms with Crippen molar-refractivity contribution in [3.8, 4) is 6.07 Å². The molecule has 0 radical (unpaired) electrons. The molecule has 0 spiro atoms. The fourth-order valence-corrected chi connectivity index (χ4v) is 7.85. The van der Waals surface area contributed by atoms with E-state index in [0.29, 0.717) is 29.8 Å². The monoisotopic (exact) mass is 583 g/mol. The summed E-state index contributed by atoms with van der Waals surface area (Å²) in [4.78, 5) is 17.4. The van der Waals surface area contributed by atoms with Gasteiger partial charge < -0.3 is 5.73 Å². The molecule has 1 aliphatic heterocycles. The molecule has 2 N–H and O–H groups in total. The van der Waals surface area contributed by atoms with Crippen LogP contribution in [0.5, 0.6) is 0 Å². The Labute approximate surface area is 258 Å². The number of fused-ring (bicyclic) bond motifs is 1. The molecule has 1 aliphatic carbocycles. The first kappa shape index (κ1) is 28.8. The number of thioether (sulfide) groups is 1. The van der Waals surface area contributed by atoms with Crippen LogP contribution in [0.15, 0.2) is 106 Å². The van der Waals surface area contributed by atoms with Crippen LogP contribution in [-0.2, 0) is 10.5 Å². The Morgan fingerprint density at radius 2 is 1.65 bits per heavy atom. The number of nitriles is 1. The van der Waals surface area contributed by atoms with Gasteiger partial charge in [-0.2, -0.15) is 5.26 Å². The van der Waals surface area contributed by atoms with Crippen molar-refractivity contribution < 1.29 is 4.79 Å². The van der Waals surface area contributed by atoms with E-state index in [1.54, 1.807) is 0 Å². The van der Waals surface area contributed by atoms with Gasteiger partial charge in [-0.15, -0.1) is 11.8 Å². The summed E-state index contributed by atoms with van der Waals surface area (Å²) in [6.45, 7) is 10.6. The fourth-order valence-electron chi connectivity index (χ4n) is 6.75. The van der Waals surface area contributed by atoms with E-state index in [2.05, 4.69) is 95.3 Å². The van der Waals surface area contributed by atoms with Crippen LogP contribution in [0.25, 0.3) is 10.8 Å². The molecule has 0 amide bonds. The van der Waals surface area contributed by atoms with Gasteiger partial charge in [0, 0.05) is 33.7 Å². The zero-order valence-electron chi connectivity index (χ0n) is 25.5. The molecule has 4 aromatic rings. The number of nitrogens with zero attached hydrogens (tertiary/aromatic N) is 2. The van der Waals surface area contributed by atoms with Crippen LogP contribution in [0, 0.1) is 37.5 Å². The van der Waals surface area contributed by atoms with Gasteiger partial charge in [0.05, 0.1) is 23.2 Å². The van der Waals surface area contributed by atoms with E-state index in [0.717, 1.165) is 39.0 Å². The number of allylic oxidation sites excluding steroid dienone is 3. The van der Waals surface area contributed by atoms with Gasteiger partial charge in [-0.3, -0.25) is 9.69 Å². The maximum atomic E-state index is 14.2. The maximum absolute atomic E-state index is 14.2. The van der Waals surface area contributed by atoms with E-state index in [4.69, 9.17) is 5.73 Å². The molecular formula is C38H37N3OS. The van der Waals surface area contributed by atoms with Gasteiger partial charge in [0.25, 0.3) is 0 Å². The van der Waals surface area contributed by atoms with Crippen LogP contribution in [0.3, 0.4) is 0 Å². The van der Waals surface area contributed by atoms with E-state index in [1.165, 1.54) is 21.6 Å². The summed E-state index contributed by atoms with van der Waals surface area (Å²) in [7, 11) is 0. The second-order valence-corrected chi connectivity index (χ2v) is 13.7. The minimum Gasteiger partial charge on any atom is -0.384 e. The highest BCUT2D eigenvalue weighted by atomic mass is 32.2. The number of anilines is 1. The van der Waals surface area contributed by atoms with E-state index in [-0.39, 0.29) is 11.2 Å². The molecule has 0 fully saturated rings. The zero-order chi connectivity index (χ0) is 30.5. The highest BCUT2D eigenvalue weighted by molar-refractivity contribution is 7.98. The lowest BCUT2D eigenvalue weighted by Crippen LogP contribution is -2.42. The van der Waals surface area contributed by atoms with Crippen molar-refractivity contribution in [2.24, 2.45) is 11.1 Å². The number of aryl methyl sites for hydroxylation is 3. The smallest absolute Gasteiger partial charge is 0.162 e. The molecule has 2 aliphatic rings. The summed E-state index contributed by atoms with van der Waals surface area (Å²) < 4.78 is 0. The molecular weight excluding hydrogens is 547 g/mol. The largest absolute Gasteiger partial charge is 0.384 e. The van der Waals surface area contributed by atoms with Crippen LogP contribution in [0.4, 0.5) is 5.69 Å². The molecule has 6 rings (SSSR count). The Bertz CT molecular complexity index is 1890. The van der Waals surface area contributed by atoms with Crippen LogP contribution >= 0.6 is 11.8 Å². The van der Waals surface area contributed by atoms with Crippen LogP contribution in [0.2, 0.25) is 0 Å². The zero-order valence-corrected chi connectivity index (χ0v) is 26.3. The highest BCUT2D eigenvalue weighted by Gasteiger charge is 2.45.